The van der Waals surface area contributed by atoms with Crippen LogP contribution in [0, 0.1) is 5.92 Å². The van der Waals surface area contributed by atoms with Gasteiger partial charge >= 0.3 is 0 Å². The minimum absolute atomic E-state index is 0.310. The van der Waals surface area contributed by atoms with Crippen LogP contribution in [0.2, 0.25) is 0 Å². The van der Waals surface area contributed by atoms with Gasteiger partial charge in [0.2, 0.25) is 0 Å². The number of fused-ring (bicyclic) bond motifs is 1. The van der Waals surface area contributed by atoms with Crippen LogP contribution in [0.3, 0.4) is 0 Å². The average Bonchev–Trinajstić information content (AvgIpc) is 2.74. The third kappa shape index (κ3) is 1.71. The fourth-order valence-electron chi connectivity index (χ4n) is 2.61. The summed E-state index contributed by atoms with van der Waals surface area (Å²) in [6, 6.07) is 8.85. The zero-order valence-corrected chi connectivity index (χ0v) is 10.2. The summed E-state index contributed by atoms with van der Waals surface area (Å²) in [4.78, 5) is 4.46. The molecule has 0 aliphatic carbocycles. The van der Waals surface area contributed by atoms with Crippen molar-refractivity contribution in [3.63, 3.8) is 0 Å². The normalized spacial score (nSPS) is 22.9. The Morgan fingerprint density at radius 1 is 1.35 bits per heavy atom. The van der Waals surface area contributed by atoms with E-state index >= 15 is 0 Å². The highest BCUT2D eigenvalue weighted by molar-refractivity contribution is 5.54. The van der Waals surface area contributed by atoms with E-state index in [1.165, 1.54) is 11.3 Å². The highest BCUT2D eigenvalue weighted by Crippen LogP contribution is 2.35. The van der Waals surface area contributed by atoms with Gasteiger partial charge in [-0.15, -0.1) is 0 Å². The number of nitrogens with one attached hydrogen (secondary N) is 1. The Morgan fingerprint density at radius 3 is 2.94 bits per heavy atom. The topological polar surface area (TPSA) is 29.9 Å². The molecule has 88 valence electrons. The lowest BCUT2D eigenvalue weighted by atomic mass is 9.88. The number of hydrogen-bond donors (Lipinski definition) is 1. The first-order chi connectivity index (χ1) is 8.25. The maximum absolute atomic E-state index is 4.46. The second-order valence-electron chi connectivity index (χ2n) is 4.86. The molecule has 0 fully saturated rings. The summed E-state index contributed by atoms with van der Waals surface area (Å²) in [5.74, 6) is 1.68. The van der Waals surface area contributed by atoms with Gasteiger partial charge in [-0.1, -0.05) is 25.1 Å². The van der Waals surface area contributed by atoms with E-state index in [0.29, 0.717) is 12.0 Å². The molecule has 1 aliphatic rings. The largest absolute Gasteiger partial charge is 0.375 e. The minimum Gasteiger partial charge on any atom is -0.375 e. The number of anilines is 1. The Hall–Kier alpha value is -1.77. The highest BCUT2D eigenvalue weighted by Gasteiger charge is 2.28. The van der Waals surface area contributed by atoms with Crippen molar-refractivity contribution in [2.45, 2.75) is 19.4 Å². The third-order valence-corrected chi connectivity index (χ3v) is 3.58. The lowest BCUT2D eigenvalue weighted by Crippen LogP contribution is -2.28. The van der Waals surface area contributed by atoms with E-state index in [4.69, 9.17) is 0 Å². The third-order valence-electron chi connectivity index (χ3n) is 3.58. The molecule has 2 unspecified atom stereocenters. The van der Waals surface area contributed by atoms with E-state index in [2.05, 4.69) is 53.1 Å². The van der Waals surface area contributed by atoms with Crippen molar-refractivity contribution in [3.8, 4) is 0 Å². The van der Waals surface area contributed by atoms with Crippen molar-refractivity contribution >= 4 is 5.69 Å². The predicted octanol–water partition coefficient (Wildman–Crippen LogP) is 2.77. The Labute approximate surface area is 101 Å². The zero-order valence-electron chi connectivity index (χ0n) is 10.2. The van der Waals surface area contributed by atoms with Crippen LogP contribution in [0.25, 0.3) is 0 Å². The number of rotatable bonds is 1. The van der Waals surface area contributed by atoms with Gasteiger partial charge in [0, 0.05) is 25.1 Å². The van der Waals surface area contributed by atoms with Crippen molar-refractivity contribution < 1.29 is 0 Å². The van der Waals surface area contributed by atoms with Crippen LogP contribution in [0.4, 0.5) is 5.69 Å². The Balaban J connectivity index is 1.97. The van der Waals surface area contributed by atoms with Gasteiger partial charge in [0.25, 0.3) is 0 Å². The predicted molar refractivity (Wildman–Crippen MR) is 68.9 cm³/mol. The molecule has 2 heterocycles. The lowest BCUT2D eigenvalue weighted by molar-refractivity contribution is 0.452. The van der Waals surface area contributed by atoms with Crippen LogP contribution in [0.5, 0.6) is 0 Å². The van der Waals surface area contributed by atoms with Gasteiger partial charge in [0.05, 0.1) is 6.04 Å². The van der Waals surface area contributed by atoms with Crippen LogP contribution in [0.15, 0.2) is 36.7 Å². The first kappa shape index (κ1) is 10.4. The van der Waals surface area contributed by atoms with Crippen molar-refractivity contribution in [3.05, 3.63) is 48.0 Å². The molecule has 0 spiro atoms. The molecule has 2 atom stereocenters. The average molecular weight is 227 g/mol. The number of hydrogen-bond acceptors (Lipinski definition) is 2. The molecule has 0 bridgehead atoms. The smallest absolute Gasteiger partial charge is 0.131 e. The molecule has 17 heavy (non-hydrogen) atoms. The van der Waals surface area contributed by atoms with E-state index in [-0.39, 0.29) is 0 Å². The second-order valence-corrected chi connectivity index (χ2v) is 4.86. The molecule has 1 N–H and O–H groups in total. The van der Waals surface area contributed by atoms with E-state index in [1.807, 2.05) is 12.4 Å². The van der Waals surface area contributed by atoms with Crippen LogP contribution in [-0.2, 0) is 13.5 Å². The number of imidazole rings is 1. The Kier molecular flexibility index (Phi) is 2.39. The molecule has 0 saturated heterocycles. The number of benzene rings is 1. The van der Waals surface area contributed by atoms with Crippen molar-refractivity contribution in [1.29, 1.82) is 0 Å². The number of aromatic nitrogens is 2. The van der Waals surface area contributed by atoms with Gasteiger partial charge in [-0.3, -0.25) is 0 Å². The monoisotopic (exact) mass is 227 g/mol. The maximum atomic E-state index is 4.46. The molecule has 1 aromatic carbocycles. The SMILES string of the molecule is CC1Cc2ccccc2NC1c1nccn1C. The fraction of sp³-hybridized carbons (Fsp3) is 0.357. The quantitative estimate of drug-likeness (QED) is 0.812. The van der Waals surface area contributed by atoms with E-state index in [1.54, 1.807) is 0 Å². The molecule has 0 radical (unpaired) electrons. The van der Waals surface area contributed by atoms with Crippen molar-refractivity contribution in [2.24, 2.45) is 13.0 Å². The first-order valence-corrected chi connectivity index (χ1v) is 6.07. The van der Waals surface area contributed by atoms with Gasteiger partial charge in [-0.05, 0) is 24.0 Å². The number of nitrogens with zero attached hydrogens (tertiary/aromatic N) is 2. The van der Waals surface area contributed by atoms with E-state index in [9.17, 15) is 0 Å². The molecule has 3 rings (SSSR count). The van der Waals surface area contributed by atoms with Crippen LogP contribution >= 0.6 is 0 Å². The van der Waals surface area contributed by atoms with Crippen molar-refractivity contribution in [2.75, 3.05) is 5.32 Å². The minimum atomic E-state index is 0.310. The van der Waals surface area contributed by atoms with Crippen LogP contribution in [0.1, 0.15) is 24.4 Å². The summed E-state index contributed by atoms with van der Waals surface area (Å²) in [5, 5.41) is 3.61. The number of para-hydroxylation sites is 1. The summed E-state index contributed by atoms with van der Waals surface area (Å²) in [7, 11) is 2.05. The zero-order chi connectivity index (χ0) is 11.8. The molecule has 3 nitrogen and oxygen atoms in total. The Bertz CT molecular complexity index is 530. The van der Waals surface area contributed by atoms with Gasteiger partial charge < -0.3 is 9.88 Å². The second kappa shape index (κ2) is 3.91. The highest BCUT2D eigenvalue weighted by atomic mass is 15.1. The van der Waals surface area contributed by atoms with Gasteiger partial charge in [-0.2, -0.15) is 0 Å². The molecule has 2 aromatic rings. The van der Waals surface area contributed by atoms with Gasteiger partial charge in [0.1, 0.15) is 5.82 Å². The molecule has 1 aliphatic heterocycles. The Morgan fingerprint density at radius 2 is 2.18 bits per heavy atom. The molecule has 0 saturated carbocycles. The summed E-state index contributed by atoms with van der Waals surface area (Å²) >= 11 is 0. The summed E-state index contributed by atoms with van der Waals surface area (Å²) in [5.41, 5.74) is 2.66. The standard InChI is InChI=1S/C14H17N3/c1-10-9-11-5-3-4-6-12(11)16-13(10)14-15-7-8-17(14)2/h3-8,10,13,16H,9H2,1-2H3. The maximum Gasteiger partial charge on any atom is 0.131 e. The first-order valence-electron chi connectivity index (χ1n) is 6.07. The molecule has 0 amide bonds. The molecular formula is C14H17N3. The molecular weight excluding hydrogens is 210 g/mol. The van der Waals surface area contributed by atoms with Crippen LogP contribution < -0.4 is 5.32 Å². The van der Waals surface area contributed by atoms with Gasteiger partial charge in [0.15, 0.2) is 0 Å². The van der Waals surface area contributed by atoms with Crippen LogP contribution in [-0.4, -0.2) is 9.55 Å². The fourth-order valence-corrected chi connectivity index (χ4v) is 2.61. The molecule has 1 aromatic heterocycles. The summed E-state index contributed by atoms with van der Waals surface area (Å²) in [6.45, 7) is 2.28. The molecule has 3 heteroatoms. The van der Waals surface area contributed by atoms with Crippen molar-refractivity contribution in [1.82, 2.24) is 9.55 Å². The lowest BCUT2D eigenvalue weighted by Gasteiger charge is -2.32. The summed E-state index contributed by atoms with van der Waals surface area (Å²) in [6.07, 6.45) is 4.98. The van der Waals surface area contributed by atoms with Gasteiger partial charge in [-0.25, -0.2) is 4.98 Å². The number of aryl methyl sites for hydroxylation is 1. The van der Waals surface area contributed by atoms with E-state index < -0.39 is 0 Å². The summed E-state index contributed by atoms with van der Waals surface area (Å²) < 4.78 is 2.10. The van der Waals surface area contributed by atoms with E-state index in [0.717, 1.165) is 12.2 Å².